The van der Waals surface area contributed by atoms with E-state index in [1.54, 1.807) is 12.4 Å². The van der Waals surface area contributed by atoms with E-state index in [0.717, 1.165) is 41.6 Å². The monoisotopic (exact) mass is 551 g/mol. The number of halogens is 1. The zero-order chi connectivity index (χ0) is 26.5. The topological polar surface area (TPSA) is 124 Å². The number of imidazole rings is 1. The molecular formula is C27H30ClN7O4. The predicted octanol–water partition coefficient (Wildman–Crippen LogP) is 3.92. The van der Waals surface area contributed by atoms with Gasteiger partial charge in [-0.2, -0.15) is 0 Å². The molecule has 2 atom stereocenters. The number of fused-ring (bicyclic) bond motifs is 2. The summed E-state index contributed by atoms with van der Waals surface area (Å²) in [6.45, 7) is 5.70. The highest BCUT2D eigenvalue weighted by Gasteiger charge is 2.40. The molecule has 7 rings (SSSR count). The lowest BCUT2D eigenvalue weighted by molar-refractivity contribution is 0.0217. The van der Waals surface area contributed by atoms with E-state index < -0.39 is 5.76 Å². The van der Waals surface area contributed by atoms with Crippen molar-refractivity contribution in [2.75, 3.05) is 31.3 Å². The van der Waals surface area contributed by atoms with Crippen LogP contribution in [0.2, 0.25) is 5.02 Å². The molecule has 2 aliphatic heterocycles. The summed E-state index contributed by atoms with van der Waals surface area (Å²) < 4.78 is 18.9. The molecule has 39 heavy (non-hydrogen) atoms. The van der Waals surface area contributed by atoms with Crippen molar-refractivity contribution in [3.05, 3.63) is 40.1 Å². The normalized spacial score (nSPS) is 25.3. The van der Waals surface area contributed by atoms with Crippen LogP contribution in [0.5, 0.6) is 0 Å². The molecule has 3 fully saturated rings. The minimum atomic E-state index is -0.642. The van der Waals surface area contributed by atoms with Gasteiger partial charge in [0.15, 0.2) is 0 Å². The fraction of sp³-hybridized carbons (Fsp3) is 0.519. The van der Waals surface area contributed by atoms with E-state index in [1.807, 2.05) is 12.1 Å². The van der Waals surface area contributed by atoms with Gasteiger partial charge in [0.2, 0.25) is 11.8 Å². The van der Waals surface area contributed by atoms with Crippen molar-refractivity contribution in [2.45, 2.75) is 51.3 Å². The lowest BCUT2D eigenvalue weighted by Crippen LogP contribution is -2.51. The Kier molecular flexibility index (Phi) is 6.37. The van der Waals surface area contributed by atoms with Gasteiger partial charge in [0.05, 0.1) is 47.6 Å². The SMILES string of the molecule is CC1CCC(Cn2c(N3CCO[C@H]4COC[C@@H]43)nc3cc(-c4noc(=O)[nH]4)nc(-c4cncc(Cl)c4)c32)CC1. The molecule has 0 amide bonds. The van der Waals surface area contributed by atoms with Crippen LogP contribution in [0.25, 0.3) is 33.8 Å². The highest BCUT2D eigenvalue weighted by Crippen LogP contribution is 2.38. The number of H-pyrrole nitrogens is 1. The molecule has 204 valence electrons. The van der Waals surface area contributed by atoms with Gasteiger partial charge < -0.3 is 18.9 Å². The summed E-state index contributed by atoms with van der Waals surface area (Å²) in [4.78, 5) is 31.2. The summed E-state index contributed by atoms with van der Waals surface area (Å²) in [6, 6.07) is 3.80. The average Bonchev–Trinajstić information content (AvgIpc) is 3.68. The van der Waals surface area contributed by atoms with Crippen LogP contribution in [-0.2, 0) is 16.0 Å². The minimum Gasteiger partial charge on any atom is -0.376 e. The number of aromatic amines is 1. The maximum atomic E-state index is 11.8. The number of nitrogens with one attached hydrogen (secondary N) is 1. The zero-order valence-electron chi connectivity index (χ0n) is 21.7. The molecule has 1 N–H and O–H groups in total. The first-order chi connectivity index (χ1) is 19.0. The van der Waals surface area contributed by atoms with Gasteiger partial charge in [-0.1, -0.05) is 36.5 Å². The summed E-state index contributed by atoms with van der Waals surface area (Å²) in [5, 5.41) is 4.39. The van der Waals surface area contributed by atoms with Crippen molar-refractivity contribution in [1.29, 1.82) is 0 Å². The van der Waals surface area contributed by atoms with Gasteiger partial charge in [0.1, 0.15) is 11.8 Å². The molecule has 4 aromatic rings. The number of anilines is 1. The Balaban J connectivity index is 1.44. The molecule has 6 heterocycles. The third-order valence-corrected chi connectivity index (χ3v) is 8.47. The van der Waals surface area contributed by atoms with Crippen LogP contribution in [0.1, 0.15) is 32.6 Å². The number of pyridine rings is 2. The van der Waals surface area contributed by atoms with Gasteiger partial charge in [-0.3, -0.25) is 14.5 Å². The van der Waals surface area contributed by atoms with E-state index in [2.05, 4.69) is 31.5 Å². The van der Waals surface area contributed by atoms with E-state index in [-0.39, 0.29) is 18.0 Å². The molecule has 0 aromatic carbocycles. The van der Waals surface area contributed by atoms with Crippen LogP contribution >= 0.6 is 11.6 Å². The van der Waals surface area contributed by atoms with Crippen molar-refractivity contribution >= 4 is 28.6 Å². The second-order valence-electron chi connectivity index (χ2n) is 10.9. The van der Waals surface area contributed by atoms with E-state index in [9.17, 15) is 4.79 Å². The van der Waals surface area contributed by atoms with Gasteiger partial charge in [-0.25, -0.2) is 14.8 Å². The number of rotatable bonds is 5. The van der Waals surface area contributed by atoms with E-state index in [4.69, 9.17) is 35.6 Å². The summed E-state index contributed by atoms with van der Waals surface area (Å²) in [6.07, 6.45) is 8.19. The maximum absolute atomic E-state index is 11.8. The van der Waals surface area contributed by atoms with Crippen LogP contribution in [0.4, 0.5) is 5.95 Å². The minimum absolute atomic E-state index is 0.0213. The summed E-state index contributed by atoms with van der Waals surface area (Å²) in [7, 11) is 0. The quantitative estimate of drug-likeness (QED) is 0.393. The standard InChI is InChI=1S/C27H30ClN7O4/c1-15-2-4-16(5-3-15)12-35-24-19(31-26(35)34-6-7-38-22-14-37-13-21(22)34)9-20(25-32-27(36)39-33-25)30-23(24)17-8-18(28)11-29-10-17/h8-11,15-16,21-22H,2-7,12-14H2,1H3,(H,32,33,36)/t15?,16?,21-,22-/m0/s1. The van der Waals surface area contributed by atoms with E-state index in [1.165, 1.54) is 25.7 Å². The number of aromatic nitrogens is 6. The second-order valence-corrected chi connectivity index (χ2v) is 11.4. The highest BCUT2D eigenvalue weighted by molar-refractivity contribution is 6.30. The first-order valence-corrected chi connectivity index (χ1v) is 14.0. The van der Waals surface area contributed by atoms with Gasteiger partial charge in [0, 0.05) is 31.0 Å². The molecule has 2 saturated heterocycles. The molecule has 11 nitrogen and oxygen atoms in total. The molecule has 1 saturated carbocycles. The van der Waals surface area contributed by atoms with Crippen molar-refractivity contribution in [3.8, 4) is 22.8 Å². The summed E-state index contributed by atoms with van der Waals surface area (Å²) in [5.41, 5.74) is 3.55. The molecule has 0 spiro atoms. The van der Waals surface area contributed by atoms with Gasteiger partial charge >= 0.3 is 5.76 Å². The van der Waals surface area contributed by atoms with Crippen LogP contribution in [0.3, 0.4) is 0 Å². The maximum Gasteiger partial charge on any atom is 0.439 e. The van der Waals surface area contributed by atoms with E-state index in [0.29, 0.717) is 42.1 Å². The Labute approximate surface area is 229 Å². The Bertz CT molecular complexity index is 1560. The van der Waals surface area contributed by atoms with Crippen molar-refractivity contribution < 1.29 is 14.0 Å². The smallest absolute Gasteiger partial charge is 0.376 e. The Morgan fingerprint density at radius 1 is 1.13 bits per heavy atom. The number of hydrogen-bond donors (Lipinski definition) is 1. The predicted molar refractivity (Wildman–Crippen MR) is 145 cm³/mol. The number of nitrogens with zero attached hydrogens (tertiary/aromatic N) is 6. The van der Waals surface area contributed by atoms with E-state index >= 15 is 0 Å². The molecule has 12 heteroatoms. The van der Waals surface area contributed by atoms with Crippen LogP contribution in [-0.4, -0.2) is 68.2 Å². The second kappa shape index (κ2) is 10.0. The zero-order valence-corrected chi connectivity index (χ0v) is 22.4. The van der Waals surface area contributed by atoms with Gasteiger partial charge in [-0.15, -0.1) is 0 Å². The van der Waals surface area contributed by atoms with Gasteiger partial charge in [-0.05, 0) is 36.8 Å². The molecule has 0 unspecified atom stereocenters. The van der Waals surface area contributed by atoms with Gasteiger partial charge in [0.25, 0.3) is 0 Å². The van der Waals surface area contributed by atoms with Crippen LogP contribution < -0.4 is 10.7 Å². The lowest BCUT2D eigenvalue weighted by Gasteiger charge is -2.37. The Hall–Kier alpha value is -3.28. The van der Waals surface area contributed by atoms with Crippen molar-refractivity contribution in [2.24, 2.45) is 11.8 Å². The first kappa shape index (κ1) is 24.7. The third-order valence-electron chi connectivity index (χ3n) is 8.26. The number of morpholine rings is 1. The lowest BCUT2D eigenvalue weighted by atomic mass is 9.83. The molecule has 0 bridgehead atoms. The third kappa shape index (κ3) is 4.62. The molecule has 3 aliphatic rings. The molecule has 1 aliphatic carbocycles. The fourth-order valence-corrected chi connectivity index (χ4v) is 6.37. The average molecular weight is 552 g/mol. The summed E-state index contributed by atoms with van der Waals surface area (Å²) >= 11 is 6.38. The molecular weight excluding hydrogens is 522 g/mol. The largest absolute Gasteiger partial charge is 0.439 e. The molecule has 0 radical (unpaired) electrons. The number of hydrogen-bond acceptors (Lipinski definition) is 9. The first-order valence-electron chi connectivity index (χ1n) is 13.6. The van der Waals surface area contributed by atoms with Crippen LogP contribution in [0.15, 0.2) is 33.8 Å². The van der Waals surface area contributed by atoms with Crippen LogP contribution in [0, 0.1) is 11.8 Å². The molecule has 4 aromatic heterocycles. The Morgan fingerprint density at radius 3 is 2.79 bits per heavy atom. The highest BCUT2D eigenvalue weighted by atomic mass is 35.5. The van der Waals surface area contributed by atoms with Crippen molar-refractivity contribution in [3.63, 3.8) is 0 Å². The number of ether oxygens (including phenoxy) is 2. The Morgan fingerprint density at radius 2 is 2.00 bits per heavy atom. The van der Waals surface area contributed by atoms with Crippen molar-refractivity contribution in [1.82, 2.24) is 29.7 Å². The summed E-state index contributed by atoms with van der Waals surface area (Å²) in [5.74, 6) is 1.78. The fourth-order valence-electron chi connectivity index (χ4n) is 6.20.